The van der Waals surface area contributed by atoms with Crippen LogP contribution in [0.5, 0.6) is 5.75 Å². The third kappa shape index (κ3) is 4.07. The number of carbonyl (C=O) groups excluding carboxylic acids is 1. The topological polar surface area (TPSA) is 79.3 Å². The lowest BCUT2D eigenvalue weighted by Gasteiger charge is -2.37. The number of benzene rings is 2. The van der Waals surface area contributed by atoms with E-state index in [0.29, 0.717) is 38.1 Å². The first-order valence-corrected chi connectivity index (χ1v) is 11.7. The smallest absolute Gasteiger partial charge is 0.161 e. The Bertz CT molecular complexity index is 1180. The van der Waals surface area contributed by atoms with Gasteiger partial charge in [0.15, 0.2) is 5.78 Å². The maximum absolute atomic E-state index is 13.1. The van der Waals surface area contributed by atoms with Gasteiger partial charge in [-0.1, -0.05) is 12.1 Å². The standard InChI is InChI=1S/C24H20Br2FN3O2/c1-30-19-3-2-4-20(31)22(19)21(16(11-28)24(30)29)14-9-17(25)23(18(26)10-14)32-12-13-5-7-15(27)8-6-13/h5-10,21H,2-4,12,29H2,1H3/t21-/m1/s1. The van der Waals surface area contributed by atoms with Gasteiger partial charge < -0.3 is 15.4 Å². The van der Waals surface area contributed by atoms with E-state index < -0.39 is 5.92 Å². The predicted octanol–water partition coefficient (Wildman–Crippen LogP) is 5.66. The zero-order valence-electron chi connectivity index (χ0n) is 17.3. The molecule has 1 heterocycles. The normalized spacial score (nSPS) is 18.5. The molecule has 1 atom stereocenters. The molecule has 1 aliphatic heterocycles. The Balaban J connectivity index is 1.72. The Morgan fingerprint density at radius 3 is 2.50 bits per heavy atom. The minimum Gasteiger partial charge on any atom is -0.487 e. The fraction of sp³-hybridized carbons (Fsp3) is 0.250. The maximum Gasteiger partial charge on any atom is 0.161 e. The van der Waals surface area contributed by atoms with Crippen LogP contribution < -0.4 is 10.5 Å². The summed E-state index contributed by atoms with van der Waals surface area (Å²) in [7, 11) is 1.80. The van der Waals surface area contributed by atoms with E-state index >= 15 is 0 Å². The van der Waals surface area contributed by atoms with Gasteiger partial charge in [-0.05, 0) is 80.1 Å². The number of nitriles is 1. The molecule has 8 heteroatoms. The molecule has 2 N–H and O–H groups in total. The summed E-state index contributed by atoms with van der Waals surface area (Å²) in [5.74, 6) is 0.163. The van der Waals surface area contributed by atoms with Crippen LogP contribution in [0.25, 0.3) is 0 Å². The second-order valence-electron chi connectivity index (χ2n) is 7.77. The molecule has 164 valence electrons. The lowest BCUT2D eigenvalue weighted by molar-refractivity contribution is -0.116. The Morgan fingerprint density at radius 1 is 1.22 bits per heavy atom. The number of nitrogens with zero attached hydrogens (tertiary/aromatic N) is 2. The maximum atomic E-state index is 13.1. The van der Waals surface area contributed by atoms with E-state index in [1.807, 2.05) is 12.1 Å². The first-order valence-electron chi connectivity index (χ1n) is 10.1. The van der Waals surface area contributed by atoms with Crippen molar-refractivity contribution < 1.29 is 13.9 Å². The first kappa shape index (κ1) is 22.6. The lowest BCUT2D eigenvalue weighted by Crippen LogP contribution is -2.36. The molecule has 5 nitrogen and oxygen atoms in total. The van der Waals surface area contributed by atoms with Gasteiger partial charge in [0.2, 0.25) is 0 Å². The summed E-state index contributed by atoms with van der Waals surface area (Å²) < 4.78 is 20.4. The van der Waals surface area contributed by atoms with Gasteiger partial charge in [-0.15, -0.1) is 0 Å². The summed E-state index contributed by atoms with van der Waals surface area (Å²) >= 11 is 7.13. The van der Waals surface area contributed by atoms with Gasteiger partial charge in [-0.3, -0.25) is 4.79 Å². The van der Waals surface area contributed by atoms with Crippen molar-refractivity contribution in [3.8, 4) is 11.8 Å². The summed E-state index contributed by atoms with van der Waals surface area (Å²) in [5.41, 5.74) is 9.79. The van der Waals surface area contributed by atoms with Gasteiger partial charge in [0.25, 0.3) is 0 Å². The van der Waals surface area contributed by atoms with Crippen molar-refractivity contribution in [3.63, 3.8) is 0 Å². The molecule has 0 amide bonds. The number of rotatable bonds is 4. The van der Waals surface area contributed by atoms with Gasteiger partial charge in [0.1, 0.15) is 24.0 Å². The van der Waals surface area contributed by atoms with Crippen molar-refractivity contribution in [3.05, 3.63) is 85.0 Å². The largest absolute Gasteiger partial charge is 0.487 e. The number of hydrogen-bond acceptors (Lipinski definition) is 5. The molecule has 4 rings (SSSR count). The van der Waals surface area contributed by atoms with Crippen molar-refractivity contribution in [2.45, 2.75) is 31.8 Å². The number of nitrogens with two attached hydrogens (primary N) is 1. The van der Waals surface area contributed by atoms with Crippen molar-refractivity contribution >= 4 is 37.6 Å². The van der Waals surface area contributed by atoms with Crippen molar-refractivity contribution in [1.29, 1.82) is 5.26 Å². The number of ketones is 1. The third-order valence-corrected chi connectivity index (χ3v) is 7.00. The Kier molecular flexibility index (Phi) is 6.40. The van der Waals surface area contributed by atoms with Crippen LogP contribution in [0.2, 0.25) is 0 Å². The number of halogens is 3. The zero-order valence-corrected chi connectivity index (χ0v) is 20.5. The highest BCUT2D eigenvalue weighted by Gasteiger charge is 2.39. The molecule has 32 heavy (non-hydrogen) atoms. The summed E-state index contributed by atoms with van der Waals surface area (Å²) in [4.78, 5) is 14.7. The highest BCUT2D eigenvalue weighted by atomic mass is 79.9. The average Bonchev–Trinajstić information content (AvgIpc) is 2.77. The molecule has 0 bridgehead atoms. The van der Waals surface area contributed by atoms with Crippen LogP contribution in [0.3, 0.4) is 0 Å². The summed E-state index contributed by atoms with van der Waals surface area (Å²) in [6.45, 7) is 0.259. The molecule has 0 spiro atoms. The molecule has 0 fully saturated rings. The van der Waals surface area contributed by atoms with E-state index in [0.717, 1.165) is 29.7 Å². The molecule has 0 saturated heterocycles. The van der Waals surface area contributed by atoms with Crippen molar-refractivity contribution in [2.24, 2.45) is 5.73 Å². The molecule has 0 unspecified atom stereocenters. The monoisotopic (exact) mass is 559 g/mol. The number of hydrogen-bond donors (Lipinski definition) is 1. The number of carbonyl (C=O) groups is 1. The third-order valence-electron chi connectivity index (χ3n) is 5.82. The highest BCUT2D eigenvalue weighted by Crippen LogP contribution is 2.46. The van der Waals surface area contributed by atoms with Crippen LogP contribution in [0.4, 0.5) is 4.39 Å². The van der Waals surface area contributed by atoms with E-state index in [9.17, 15) is 14.4 Å². The van der Waals surface area contributed by atoms with Gasteiger partial charge >= 0.3 is 0 Å². The minimum absolute atomic E-state index is 0.0484. The number of Topliss-reactive ketones (excluding diaryl/α,β-unsaturated/α-hetero) is 1. The Labute approximate surface area is 202 Å². The lowest BCUT2D eigenvalue weighted by atomic mass is 9.76. The fourth-order valence-corrected chi connectivity index (χ4v) is 5.67. The van der Waals surface area contributed by atoms with Crippen LogP contribution >= 0.6 is 31.9 Å². The molecule has 2 aromatic rings. The van der Waals surface area contributed by atoms with Crippen LogP contribution in [0.15, 0.2) is 68.0 Å². The zero-order chi connectivity index (χ0) is 23.0. The van der Waals surface area contributed by atoms with Crippen LogP contribution in [0, 0.1) is 17.1 Å². The molecular weight excluding hydrogens is 541 g/mol. The molecular formula is C24H20Br2FN3O2. The Morgan fingerprint density at radius 2 is 1.88 bits per heavy atom. The molecule has 0 saturated carbocycles. The van der Waals surface area contributed by atoms with Crippen LogP contribution in [0.1, 0.15) is 36.3 Å². The fourth-order valence-electron chi connectivity index (χ4n) is 4.22. The molecule has 0 aromatic heterocycles. The summed E-state index contributed by atoms with van der Waals surface area (Å²) in [5, 5.41) is 9.89. The van der Waals surface area contributed by atoms with E-state index in [2.05, 4.69) is 37.9 Å². The molecule has 0 radical (unpaired) electrons. The SMILES string of the molecule is CN1C(N)=C(C#N)[C@@H](c2cc(Br)c(OCc3ccc(F)cc3)c(Br)c2)C2=C1CCCC2=O. The molecule has 2 aromatic carbocycles. The van der Waals surface area contributed by atoms with E-state index in [1.54, 1.807) is 24.1 Å². The molecule has 1 aliphatic carbocycles. The van der Waals surface area contributed by atoms with E-state index in [4.69, 9.17) is 10.5 Å². The number of ether oxygens (including phenoxy) is 1. The van der Waals surface area contributed by atoms with Gasteiger partial charge in [0, 0.05) is 24.7 Å². The van der Waals surface area contributed by atoms with Crippen molar-refractivity contribution in [2.75, 3.05) is 7.05 Å². The summed E-state index contributed by atoms with van der Waals surface area (Å²) in [6.07, 6.45) is 1.98. The predicted molar refractivity (Wildman–Crippen MR) is 126 cm³/mol. The number of allylic oxidation sites excluding steroid dienone is 3. The second kappa shape index (κ2) is 9.08. The van der Waals surface area contributed by atoms with Gasteiger partial charge in [-0.25, -0.2) is 4.39 Å². The van der Waals surface area contributed by atoms with Crippen molar-refractivity contribution in [1.82, 2.24) is 4.90 Å². The van der Waals surface area contributed by atoms with Gasteiger partial charge in [0.05, 0.1) is 26.5 Å². The molecule has 2 aliphatic rings. The first-order chi connectivity index (χ1) is 15.3. The highest BCUT2D eigenvalue weighted by molar-refractivity contribution is 9.11. The second-order valence-corrected chi connectivity index (χ2v) is 9.48. The van der Waals surface area contributed by atoms with Crippen LogP contribution in [-0.4, -0.2) is 17.7 Å². The van der Waals surface area contributed by atoms with Gasteiger partial charge in [-0.2, -0.15) is 5.26 Å². The minimum atomic E-state index is -0.530. The van der Waals surface area contributed by atoms with E-state index in [-0.39, 0.29) is 18.2 Å². The summed E-state index contributed by atoms with van der Waals surface area (Å²) in [6, 6.07) is 12.1. The van der Waals surface area contributed by atoms with E-state index in [1.165, 1.54) is 12.1 Å². The van der Waals surface area contributed by atoms with Crippen LogP contribution in [-0.2, 0) is 11.4 Å². The quantitative estimate of drug-likeness (QED) is 0.522. The Hall–Kier alpha value is -2.63. The average molecular weight is 561 g/mol.